The first-order valence-electron chi connectivity index (χ1n) is 9.95. The van der Waals surface area contributed by atoms with Crippen molar-refractivity contribution in [1.82, 2.24) is 10.2 Å². The molecule has 25 heavy (non-hydrogen) atoms. The van der Waals surface area contributed by atoms with Gasteiger partial charge in [0.2, 0.25) is 5.91 Å². The molecule has 1 heterocycles. The molecule has 2 N–H and O–H groups in total. The summed E-state index contributed by atoms with van der Waals surface area (Å²) in [5.41, 5.74) is 0.870. The molecular weight excluding hydrogens is 312 g/mol. The fourth-order valence-corrected chi connectivity index (χ4v) is 3.52. The maximum atomic E-state index is 12.4. The van der Waals surface area contributed by atoms with Crippen molar-refractivity contribution in [2.75, 3.05) is 19.6 Å². The number of nitrogens with zero attached hydrogens (tertiary/aromatic N) is 1. The van der Waals surface area contributed by atoms with Crippen LogP contribution in [0.2, 0.25) is 0 Å². The van der Waals surface area contributed by atoms with Crippen LogP contribution >= 0.6 is 0 Å². The van der Waals surface area contributed by atoms with Crippen LogP contribution in [0.25, 0.3) is 0 Å². The topological polar surface area (TPSA) is 52.6 Å². The van der Waals surface area contributed by atoms with E-state index in [2.05, 4.69) is 17.1 Å². The number of nitrogens with one attached hydrogen (secondary N) is 1. The Morgan fingerprint density at radius 3 is 2.48 bits per heavy atom. The van der Waals surface area contributed by atoms with Gasteiger partial charge in [0, 0.05) is 13.0 Å². The zero-order valence-electron chi connectivity index (χ0n) is 15.6. The summed E-state index contributed by atoms with van der Waals surface area (Å²) in [7, 11) is 0. The normalized spacial score (nSPS) is 17.4. The lowest BCUT2D eigenvalue weighted by Gasteiger charge is -2.28. The van der Waals surface area contributed by atoms with Crippen molar-refractivity contribution in [3.8, 4) is 0 Å². The number of likely N-dealkylation sites (tertiary alicyclic amines) is 1. The lowest BCUT2D eigenvalue weighted by Crippen LogP contribution is -2.46. The SMILES string of the molecule is CCCCCCCC(=O)N[C@H](CN1CCCC1)[C@H](O)c1ccccc1. The number of aliphatic hydroxyl groups is 1. The predicted octanol–water partition coefficient (Wildman–Crippen LogP) is 3.66. The number of rotatable bonds is 11. The van der Waals surface area contributed by atoms with Crippen LogP contribution in [0.3, 0.4) is 0 Å². The highest BCUT2D eigenvalue weighted by Gasteiger charge is 2.26. The van der Waals surface area contributed by atoms with Gasteiger partial charge in [0.05, 0.1) is 6.04 Å². The highest BCUT2D eigenvalue weighted by atomic mass is 16.3. The quantitative estimate of drug-likeness (QED) is 0.601. The second-order valence-corrected chi connectivity index (χ2v) is 7.20. The van der Waals surface area contributed by atoms with E-state index in [1.54, 1.807) is 0 Å². The molecular formula is C21H34N2O2. The van der Waals surface area contributed by atoms with E-state index in [-0.39, 0.29) is 11.9 Å². The Labute approximate surface area is 152 Å². The van der Waals surface area contributed by atoms with Crippen LogP contribution in [0.15, 0.2) is 30.3 Å². The zero-order chi connectivity index (χ0) is 17.9. The van der Waals surface area contributed by atoms with Crippen LogP contribution in [0.5, 0.6) is 0 Å². The smallest absolute Gasteiger partial charge is 0.220 e. The molecule has 1 aromatic rings. The van der Waals surface area contributed by atoms with Gasteiger partial charge in [-0.15, -0.1) is 0 Å². The summed E-state index contributed by atoms with van der Waals surface area (Å²) in [6, 6.07) is 9.42. The Kier molecular flexibility index (Phi) is 8.98. The molecule has 0 bridgehead atoms. The summed E-state index contributed by atoms with van der Waals surface area (Å²) in [6.07, 6.45) is 8.02. The second-order valence-electron chi connectivity index (χ2n) is 7.20. The van der Waals surface area contributed by atoms with E-state index in [0.717, 1.165) is 38.0 Å². The monoisotopic (exact) mass is 346 g/mol. The van der Waals surface area contributed by atoms with E-state index in [1.165, 1.54) is 32.1 Å². The summed E-state index contributed by atoms with van der Waals surface area (Å²) in [4.78, 5) is 14.7. The average Bonchev–Trinajstić information content (AvgIpc) is 3.14. The van der Waals surface area contributed by atoms with E-state index < -0.39 is 6.10 Å². The Balaban J connectivity index is 1.88. The van der Waals surface area contributed by atoms with Crippen molar-refractivity contribution in [3.05, 3.63) is 35.9 Å². The number of benzene rings is 1. The van der Waals surface area contributed by atoms with Crippen molar-refractivity contribution in [2.24, 2.45) is 0 Å². The lowest BCUT2D eigenvalue weighted by atomic mass is 10.0. The molecule has 1 fully saturated rings. The van der Waals surface area contributed by atoms with Crippen LogP contribution in [-0.4, -0.2) is 41.6 Å². The van der Waals surface area contributed by atoms with Crippen molar-refractivity contribution in [2.45, 2.75) is 70.4 Å². The van der Waals surface area contributed by atoms with Gasteiger partial charge in [0.1, 0.15) is 6.10 Å². The fraction of sp³-hybridized carbons (Fsp3) is 0.667. The van der Waals surface area contributed by atoms with Crippen molar-refractivity contribution in [3.63, 3.8) is 0 Å². The maximum Gasteiger partial charge on any atom is 0.220 e. The molecule has 1 aliphatic rings. The highest BCUT2D eigenvalue weighted by molar-refractivity contribution is 5.76. The minimum Gasteiger partial charge on any atom is -0.386 e. The van der Waals surface area contributed by atoms with Crippen LogP contribution in [0.1, 0.15) is 70.0 Å². The standard InChI is InChI=1S/C21H34N2O2/c1-2-3-4-5-9-14-20(24)22-19(17-23-15-10-11-16-23)21(25)18-12-7-6-8-13-18/h6-8,12-13,19,21,25H,2-5,9-11,14-17H2,1H3,(H,22,24)/t19-,21-/m1/s1. The largest absolute Gasteiger partial charge is 0.386 e. The molecule has 0 spiro atoms. The van der Waals surface area contributed by atoms with Gasteiger partial charge in [-0.3, -0.25) is 4.79 Å². The van der Waals surface area contributed by atoms with Crippen LogP contribution in [-0.2, 0) is 4.79 Å². The van der Waals surface area contributed by atoms with Crippen molar-refractivity contribution >= 4 is 5.91 Å². The van der Waals surface area contributed by atoms with E-state index in [9.17, 15) is 9.90 Å². The molecule has 0 radical (unpaired) electrons. The number of hydrogen-bond acceptors (Lipinski definition) is 3. The fourth-order valence-electron chi connectivity index (χ4n) is 3.52. The van der Waals surface area contributed by atoms with Gasteiger partial charge >= 0.3 is 0 Å². The van der Waals surface area contributed by atoms with Gasteiger partial charge in [-0.05, 0) is 37.9 Å². The summed E-state index contributed by atoms with van der Waals surface area (Å²) in [6.45, 7) is 5.04. The number of unbranched alkanes of at least 4 members (excludes halogenated alkanes) is 4. The molecule has 1 aliphatic heterocycles. The number of amides is 1. The molecule has 2 atom stereocenters. The summed E-state index contributed by atoms with van der Waals surface area (Å²) >= 11 is 0. The predicted molar refractivity (Wildman–Crippen MR) is 102 cm³/mol. The Bertz CT molecular complexity index is 486. The lowest BCUT2D eigenvalue weighted by molar-refractivity contribution is -0.123. The summed E-state index contributed by atoms with van der Waals surface area (Å²) in [5, 5.41) is 13.9. The van der Waals surface area contributed by atoms with E-state index in [1.807, 2.05) is 30.3 Å². The van der Waals surface area contributed by atoms with E-state index in [4.69, 9.17) is 0 Å². The molecule has 1 saturated heterocycles. The Morgan fingerprint density at radius 1 is 1.12 bits per heavy atom. The third-order valence-electron chi connectivity index (χ3n) is 5.03. The molecule has 0 aliphatic carbocycles. The van der Waals surface area contributed by atoms with Gasteiger partial charge < -0.3 is 15.3 Å². The van der Waals surface area contributed by atoms with Gasteiger partial charge in [-0.1, -0.05) is 62.9 Å². The minimum absolute atomic E-state index is 0.0654. The molecule has 0 saturated carbocycles. The van der Waals surface area contributed by atoms with Gasteiger partial charge in [0.15, 0.2) is 0 Å². The molecule has 2 rings (SSSR count). The second kappa shape index (κ2) is 11.3. The highest BCUT2D eigenvalue weighted by Crippen LogP contribution is 2.19. The number of hydrogen-bond donors (Lipinski definition) is 2. The van der Waals surface area contributed by atoms with Crippen LogP contribution in [0.4, 0.5) is 0 Å². The molecule has 0 unspecified atom stereocenters. The number of aliphatic hydroxyl groups excluding tert-OH is 1. The van der Waals surface area contributed by atoms with Crippen molar-refractivity contribution < 1.29 is 9.90 Å². The van der Waals surface area contributed by atoms with Gasteiger partial charge in [0.25, 0.3) is 0 Å². The maximum absolute atomic E-state index is 12.4. The number of carbonyl (C=O) groups is 1. The molecule has 0 aromatic heterocycles. The van der Waals surface area contributed by atoms with E-state index in [0.29, 0.717) is 6.42 Å². The van der Waals surface area contributed by atoms with E-state index >= 15 is 0 Å². The Morgan fingerprint density at radius 2 is 1.80 bits per heavy atom. The molecule has 4 heteroatoms. The molecule has 1 aromatic carbocycles. The zero-order valence-corrected chi connectivity index (χ0v) is 15.6. The summed E-state index contributed by atoms with van der Waals surface area (Å²) < 4.78 is 0. The Hall–Kier alpha value is -1.39. The first-order chi connectivity index (χ1) is 12.2. The molecule has 1 amide bonds. The minimum atomic E-state index is -0.661. The molecule has 4 nitrogen and oxygen atoms in total. The van der Waals surface area contributed by atoms with Gasteiger partial charge in [-0.25, -0.2) is 0 Å². The van der Waals surface area contributed by atoms with Crippen LogP contribution in [0, 0.1) is 0 Å². The number of carbonyl (C=O) groups excluding carboxylic acids is 1. The third-order valence-corrected chi connectivity index (χ3v) is 5.03. The first kappa shape index (κ1) is 19.9. The van der Waals surface area contributed by atoms with Crippen LogP contribution < -0.4 is 5.32 Å². The van der Waals surface area contributed by atoms with Crippen molar-refractivity contribution in [1.29, 1.82) is 0 Å². The summed E-state index contributed by atoms with van der Waals surface area (Å²) in [5.74, 6) is 0.0654. The average molecular weight is 347 g/mol. The third kappa shape index (κ3) is 7.17. The van der Waals surface area contributed by atoms with Gasteiger partial charge in [-0.2, -0.15) is 0 Å². The first-order valence-corrected chi connectivity index (χ1v) is 9.95. The molecule has 140 valence electrons.